The molecule has 0 saturated carbocycles. The summed E-state index contributed by atoms with van der Waals surface area (Å²) in [5, 5.41) is 0. The molecule has 0 unspecified atom stereocenters. The van der Waals surface area contributed by atoms with Gasteiger partial charge in [0.05, 0.1) is 6.26 Å². The van der Waals surface area contributed by atoms with Crippen LogP contribution in [0, 0.1) is 6.92 Å². The molecule has 0 bridgehead atoms. The fourth-order valence-corrected chi connectivity index (χ4v) is 1.67. The van der Waals surface area contributed by atoms with Crippen LogP contribution in [-0.4, -0.2) is 4.98 Å². The van der Waals surface area contributed by atoms with E-state index >= 15 is 0 Å². The van der Waals surface area contributed by atoms with Crippen molar-refractivity contribution in [3.05, 3.63) is 66.2 Å². The van der Waals surface area contributed by atoms with Crippen molar-refractivity contribution in [1.29, 1.82) is 0 Å². The van der Waals surface area contributed by atoms with Gasteiger partial charge in [0.25, 0.3) is 0 Å². The van der Waals surface area contributed by atoms with E-state index in [1.165, 1.54) is 23.2 Å². The number of nitrogens with one attached hydrogen (secondary N) is 1. The minimum atomic E-state index is 0.821. The van der Waals surface area contributed by atoms with Crippen LogP contribution in [0.15, 0.2) is 49.2 Å². The largest absolute Gasteiger partial charge is 0.466 e. The Morgan fingerprint density at radius 2 is 1.94 bits per heavy atom. The highest BCUT2D eigenvalue weighted by atomic mass is 16.5. The summed E-state index contributed by atoms with van der Waals surface area (Å²) in [4.78, 5) is 3.32. The second kappa shape index (κ2) is 4.71. The van der Waals surface area contributed by atoms with Crippen LogP contribution in [0.4, 0.5) is 0 Å². The minimum Gasteiger partial charge on any atom is -0.466 e. The normalized spacial score (nSPS) is 10.1. The average molecular weight is 213 g/mol. The first-order valence-electron chi connectivity index (χ1n) is 5.29. The van der Waals surface area contributed by atoms with Crippen LogP contribution in [0.2, 0.25) is 0 Å². The molecule has 0 radical (unpaired) electrons. The zero-order valence-corrected chi connectivity index (χ0v) is 9.36. The number of hydrogen-bond donors (Lipinski definition) is 1. The molecule has 2 heteroatoms. The Kier molecular flexibility index (Phi) is 3.10. The molecule has 0 aliphatic rings. The molecule has 2 nitrogen and oxygen atoms in total. The molecule has 0 atom stereocenters. The van der Waals surface area contributed by atoms with E-state index < -0.39 is 0 Å². The Hall–Kier alpha value is -1.96. The number of rotatable bonds is 4. The zero-order chi connectivity index (χ0) is 11.4. The molecule has 0 aliphatic carbocycles. The molecule has 0 saturated heterocycles. The van der Waals surface area contributed by atoms with E-state index in [9.17, 15) is 0 Å². The zero-order valence-electron chi connectivity index (χ0n) is 9.36. The Morgan fingerprint density at radius 3 is 2.50 bits per heavy atom. The third kappa shape index (κ3) is 2.54. The molecular formula is C14H15NO. The van der Waals surface area contributed by atoms with Gasteiger partial charge in [0.15, 0.2) is 0 Å². The van der Waals surface area contributed by atoms with Crippen LogP contribution in [-0.2, 0) is 6.42 Å². The van der Waals surface area contributed by atoms with Gasteiger partial charge in [-0.05, 0) is 36.8 Å². The Bertz CT molecular complexity index is 468. The molecule has 1 aromatic carbocycles. The number of benzene rings is 1. The number of H-pyrrole nitrogens is 1. The summed E-state index contributed by atoms with van der Waals surface area (Å²) in [5.41, 5.74) is 3.69. The Balaban J connectivity index is 2.07. The van der Waals surface area contributed by atoms with Crippen molar-refractivity contribution >= 4 is 0 Å². The quantitative estimate of drug-likeness (QED) is 0.773. The molecule has 1 heterocycles. The third-order valence-corrected chi connectivity index (χ3v) is 2.43. The molecule has 16 heavy (non-hydrogen) atoms. The van der Waals surface area contributed by atoms with Crippen LogP contribution >= 0.6 is 0 Å². The highest BCUT2D eigenvalue weighted by molar-refractivity contribution is 5.30. The summed E-state index contributed by atoms with van der Waals surface area (Å²) >= 11 is 0. The SMILES string of the molecule is C=COc1ccc(Cc2ccc(C)[nH]2)cc1. The lowest BCUT2D eigenvalue weighted by Gasteiger charge is -2.02. The number of aromatic amines is 1. The van der Waals surface area contributed by atoms with Crippen molar-refractivity contribution in [3.63, 3.8) is 0 Å². The van der Waals surface area contributed by atoms with Crippen LogP contribution < -0.4 is 4.74 Å². The van der Waals surface area contributed by atoms with E-state index in [1.807, 2.05) is 12.1 Å². The van der Waals surface area contributed by atoms with Crippen molar-refractivity contribution in [1.82, 2.24) is 4.98 Å². The third-order valence-electron chi connectivity index (χ3n) is 2.43. The van der Waals surface area contributed by atoms with Crippen LogP contribution in [0.3, 0.4) is 0 Å². The predicted octanol–water partition coefficient (Wildman–Crippen LogP) is 3.44. The van der Waals surface area contributed by atoms with Gasteiger partial charge in [-0.1, -0.05) is 18.7 Å². The molecule has 2 rings (SSSR count). The summed E-state index contributed by atoms with van der Waals surface area (Å²) in [5.74, 6) is 0.821. The van der Waals surface area contributed by atoms with Gasteiger partial charge in [0.1, 0.15) is 5.75 Å². The first-order valence-corrected chi connectivity index (χ1v) is 5.29. The van der Waals surface area contributed by atoms with E-state index in [1.54, 1.807) is 0 Å². The first kappa shape index (κ1) is 10.6. The number of aryl methyl sites for hydroxylation is 1. The van der Waals surface area contributed by atoms with E-state index in [-0.39, 0.29) is 0 Å². The lowest BCUT2D eigenvalue weighted by atomic mass is 10.1. The van der Waals surface area contributed by atoms with E-state index in [0.29, 0.717) is 0 Å². The van der Waals surface area contributed by atoms with E-state index in [0.717, 1.165) is 12.2 Å². The lowest BCUT2D eigenvalue weighted by Crippen LogP contribution is -1.89. The molecule has 82 valence electrons. The van der Waals surface area contributed by atoms with Gasteiger partial charge in [-0.25, -0.2) is 0 Å². The molecule has 0 fully saturated rings. The highest BCUT2D eigenvalue weighted by Crippen LogP contribution is 2.15. The minimum absolute atomic E-state index is 0.821. The maximum atomic E-state index is 5.17. The second-order valence-electron chi connectivity index (χ2n) is 3.77. The fourth-order valence-electron chi connectivity index (χ4n) is 1.67. The van der Waals surface area contributed by atoms with Crippen molar-refractivity contribution in [3.8, 4) is 5.75 Å². The first-order chi connectivity index (χ1) is 7.78. The fraction of sp³-hybridized carbons (Fsp3) is 0.143. The second-order valence-corrected chi connectivity index (χ2v) is 3.77. The maximum Gasteiger partial charge on any atom is 0.126 e. The van der Waals surface area contributed by atoms with Crippen LogP contribution in [0.1, 0.15) is 17.0 Å². The topological polar surface area (TPSA) is 25.0 Å². The lowest BCUT2D eigenvalue weighted by molar-refractivity contribution is 0.483. The Labute approximate surface area is 95.6 Å². The molecule has 2 aromatic rings. The number of hydrogen-bond acceptors (Lipinski definition) is 1. The summed E-state index contributed by atoms with van der Waals surface area (Å²) in [7, 11) is 0. The van der Waals surface area contributed by atoms with E-state index in [2.05, 4.69) is 42.8 Å². The van der Waals surface area contributed by atoms with Crippen molar-refractivity contribution in [2.45, 2.75) is 13.3 Å². The summed E-state index contributed by atoms with van der Waals surface area (Å²) in [6.45, 7) is 5.58. The van der Waals surface area contributed by atoms with Crippen LogP contribution in [0.5, 0.6) is 5.75 Å². The molecule has 0 aliphatic heterocycles. The van der Waals surface area contributed by atoms with E-state index in [4.69, 9.17) is 4.74 Å². The van der Waals surface area contributed by atoms with Gasteiger partial charge >= 0.3 is 0 Å². The van der Waals surface area contributed by atoms with Gasteiger partial charge in [-0.3, -0.25) is 0 Å². The molecule has 1 aromatic heterocycles. The van der Waals surface area contributed by atoms with Crippen molar-refractivity contribution in [2.75, 3.05) is 0 Å². The van der Waals surface area contributed by atoms with Crippen molar-refractivity contribution in [2.24, 2.45) is 0 Å². The number of ether oxygens (including phenoxy) is 1. The van der Waals surface area contributed by atoms with Gasteiger partial charge < -0.3 is 9.72 Å². The molecule has 0 spiro atoms. The predicted molar refractivity (Wildman–Crippen MR) is 65.6 cm³/mol. The number of aromatic nitrogens is 1. The van der Waals surface area contributed by atoms with Gasteiger partial charge in [0, 0.05) is 17.8 Å². The van der Waals surface area contributed by atoms with Crippen molar-refractivity contribution < 1.29 is 4.74 Å². The smallest absolute Gasteiger partial charge is 0.126 e. The van der Waals surface area contributed by atoms with Gasteiger partial charge in [-0.2, -0.15) is 0 Å². The highest BCUT2D eigenvalue weighted by Gasteiger charge is 1.98. The Morgan fingerprint density at radius 1 is 1.19 bits per heavy atom. The van der Waals surface area contributed by atoms with Gasteiger partial charge in [0.2, 0.25) is 0 Å². The summed E-state index contributed by atoms with van der Waals surface area (Å²) < 4.78 is 5.17. The van der Waals surface area contributed by atoms with Crippen LogP contribution in [0.25, 0.3) is 0 Å². The van der Waals surface area contributed by atoms with Gasteiger partial charge in [-0.15, -0.1) is 0 Å². The molecule has 0 amide bonds. The summed E-state index contributed by atoms with van der Waals surface area (Å²) in [6.07, 6.45) is 2.35. The average Bonchev–Trinajstić information content (AvgIpc) is 2.67. The molecular weight excluding hydrogens is 198 g/mol. The maximum absolute atomic E-state index is 5.17. The monoisotopic (exact) mass is 213 g/mol. The standard InChI is InChI=1S/C14H15NO/c1-3-16-14-8-5-12(6-9-14)10-13-7-4-11(2)15-13/h3-9,15H,1,10H2,2H3. The molecule has 1 N–H and O–H groups in total. The summed E-state index contributed by atoms with van der Waals surface area (Å²) in [6, 6.07) is 12.2.